The van der Waals surface area contributed by atoms with Gasteiger partial charge in [-0.3, -0.25) is 10.1 Å². The molecular weight excluding hydrogens is 184 g/mol. The van der Waals surface area contributed by atoms with E-state index in [1.54, 1.807) is 0 Å². The average Bonchev–Trinajstić information content (AvgIpc) is 2.07. The van der Waals surface area contributed by atoms with Gasteiger partial charge in [-0.15, -0.1) is 0 Å². The summed E-state index contributed by atoms with van der Waals surface area (Å²) < 4.78 is 29.6. The Hall–Kier alpha value is -1.72. The van der Waals surface area contributed by atoms with E-state index < -0.39 is 29.0 Å². The largest absolute Gasteiger partial charge is 0.429 e. The van der Waals surface area contributed by atoms with Gasteiger partial charge < -0.3 is 4.74 Å². The van der Waals surface area contributed by atoms with Crippen molar-refractivity contribution in [2.45, 2.75) is 0 Å². The standard InChI is InChI=1S/C7H5F2NO3/c8-5-2-1-3-6(7(5)9)13-4-10(11)12/h1-3H,4H2. The van der Waals surface area contributed by atoms with E-state index in [1.165, 1.54) is 6.07 Å². The molecule has 0 amide bonds. The molecule has 0 radical (unpaired) electrons. The van der Waals surface area contributed by atoms with Crippen molar-refractivity contribution in [3.63, 3.8) is 0 Å². The Bertz CT molecular complexity index is 330. The summed E-state index contributed by atoms with van der Waals surface area (Å²) in [5.41, 5.74) is 0. The van der Waals surface area contributed by atoms with Crippen LogP contribution in [0.25, 0.3) is 0 Å². The molecule has 1 aromatic rings. The monoisotopic (exact) mass is 189 g/mol. The lowest BCUT2D eigenvalue weighted by atomic mass is 10.3. The smallest absolute Gasteiger partial charge is 0.344 e. The van der Waals surface area contributed by atoms with Crippen LogP contribution in [0.5, 0.6) is 5.75 Å². The van der Waals surface area contributed by atoms with Crippen LogP contribution in [0.3, 0.4) is 0 Å². The number of nitrogens with zero attached hydrogens (tertiary/aromatic N) is 1. The molecule has 1 aromatic carbocycles. The van der Waals surface area contributed by atoms with Crippen LogP contribution in [0.1, 0.15) is 0 Å². The summed E-state index contributed by atoms with van der Waals surface area (Å²) in [6, 6.07) is 3.21. The average molecular weight is 189 g/mol. The van der Waals surface area contributed by atoms with Crippen molar-refractivity contribution in [3.8, 4) is 5.75 Å². The quantitative estimate of drug-likeness (QED) is 0.412. The van der Waals surface area contributed by atoms with Gasteiger partial charge in [0.25, 0.3) is 0 Å². The number of rotatable bonds is 3. The van der Waals surface area contributed by atoms with Crippen molar-refractivity contribution in [2.75, 3.05) is 6.73 Å². The fraction of sp³-hybridized carbons (Fsp3) is 0.143. The van der Waals surface area contributed by atoms with Crippen molar-refractivity contribution in [2.24, 2.45) is 0 Å². The topological polar surface area (TPSA) is 52.4 Å². The maximum absolute atomic E-state index is 12.7. The van der Waals surface area contributed by atoms with Crippen molar-refractivity contribution < 1.29 is 18.4 Å². The molecule has 70 valence electrons. The Morgan fingerprint density at radius 2 is 2.15 bits per heavy atom. The van der Waals surface area contributed by atoms with Gasteiger partial charge >= 0.3 is 6.73 Å². The Morgan fingerprint density at radius 1 is 1.46 bits per heavy atom. The van der Waals surface area contributed by atoms with Gasteiger partial charge in [0, 0.05) is 0 Å². The van der Waals surface area contributed by atoms with Crippen LogP contribution in [0.15, 0.2) is 18.2 Å². The minimum absolute atomic E-state index is 0.461. The summed E-state index contributed by atoms with van der Waals surface area (Å²) in [6.07, 6.45) is 0. The molecule has 13 heavy (non-hydrogen) atoms. The minimum atomic E-state index is -1.22. The van der Waals surface area contributed by atoms with Gasteiger partial charge in [-0.25, -0.2) is 4.39 Å². The zero-order valence-corrected chi connectivity index (χ0v) is 6.37. The van der Waals surface area contributed by atoms with Gasteiger partial charge in [0.2, 0.25) is 5.82 Å². The molecule has 0 aliphatic carbocycles. The van der Waals surface area contributed by atoms with Gasteiger partial charge in [0.05, 0.1) is 4.92 Å². The van der Waals surface area contributed by atoms with Crippen molar-refractivity contribution in [1.29, 1.82) is 0 Å². The maximum Gasteiger partial charge on any atom is 0.344 e. The molecule has 0 saturated heterocycles. The van der Waals surface area contributed by atoms with E-state index in [2.05, 4.69) is 4.74 Å². The Kier molecular flexibility index (Phi) is 2.73. The van der Waals surface area contributed by atoms with E-state index in [4.69, 9.17) is 0 Å². The van der Waals surface area contributed by atoms with Gasteiger partial charge in [0.1, 0.15) is 0 Å². The number of halogens is 2. The van der Waals surface area contributed by atoms with Gasteiger partial charge in [0.15, 0.2) is 11.6 Å². The van der Waals surface area contributed by atoms with Crippen LogP contribution >= 0.6 is 0 Å². The molecule has 6 heteroatoms. The number of hydrogen-bond donors (Lipinski definition) is 0. The predicted octanol–water partition coefficient (Wildman–Crippen LogP) is 1.58. The van der Waals surface area contributed by atoms with E-state index in [1.807, 2.05) is 0 Å². The highest BCUT2D eigenvalue weighted by molar-refractivity contribution is 5.24. The fourth-order valence-electron chi connectivity index (χ4n) is 0.718. The molecule has 0 aliphatic heterocycles. The van der Waals surface area contributed by atoms with Crippen LogP contribution in [-0.2, 0) is 0 Å². The summed E-state index contributed by atoms with van der Waals surface area (Å²) in [7, 11) is 0. The van der Waals surface area contributed by atoms with E-state index in [9.17, 15) is 18.9 Å². The molecule has 0 fully saturated rings. The van der Waals surface area contributed by atoms with E-state index >= 15 is 0 Å². The lowest BCUT2D eigenvalue weighted by molar-refractivity contribution is -0.514. The third-order valence-electron chi connectivity index (χ3n) is 1.24. The molecule has 0 spiro atoms. The zero-order chi connectivity index (χ0) is 9.84. The minimum Gasteiger partial charge on any atom is -0.429 e. The van der Waals surface area contributed by atoms with Crippen LogP contribution in [0.2, 0.25) is 0 Å². The third kappa shape index (κ3) is 2.36. The maximum atomic E-state index is 12.7. The molecule has 0 N–H and O–H groups in total. The first kappa shape index (κ1) is 9.37. The van der Waals surface area contributed by atoms with Gasteiger partial charge in [-0.1, -0.05) is 6.07 Å². The first-order valence-electron chi connectivity index (χ1n) is 3.30. The predicted molar refractivity (Wildman–Crippen MR) is 38.8 cm³/mol. The first-order chi connectivity index (χ1) is 6.11. The Labute approximate surface area is 71.9 Å². The van der Waals surface area contributed by atoms with Gasteiger partial charge in [-0.05, 0) is 12.1 Å². The molecule has 0 unspecified atom stereocenters. The molecule has 0 saturated carbocycles. The third-order valence-corrected chi connectivity index (χ3v) is 1.24. The molecular formula is C7H5F2NO3. The highest BCUT2D eigenvalue weighted by atomic mass is 19.2. The molecule has 0 heterocycles. The fourth-order valence-corrected chi connectivity index (χ4v) is 0.718. The summed E-state index contributed by atoms with van der Waals surface area (Å²) in [5, 5.41) is 9.83. The van der Waals surface area contributed by atoms with Crippen LogP contribution in [0, 0.1) is 21.7 Å². The molecule has 0 bridgehead atoms. The van der Waals surface area contributed by atoms with Crippen molar-refractivity contribution >= 4 is 0 Å². The molecule has 0 aliphatic rings. The van der Waals surface area contributed by atoms with Gasteiger partial charge in [-0.2, -0.15) is 4.39 Å². The summed E-state index contributed by atoms with van der Waals surface area (Å²) in [4.78, 5) is 9.05. The second-order valence-electron chi connectivity index (χ2n) is 2.16. The molecule has 4 nitrogen and oxygen atoms in total. The van der Waals surface area contributed by atoms with Crippen molar-refractivity contribution in [1.82, 2.24) is 0 Å². The number of nitro groups is 1. The number of hydrogen-bond acceptors (Lipinski definition) is 3. The highest BCUT2D eigenvalue weighted by Gasteiger charge is 2.09. The van der Waals surface area contributed by atoms with Crippen molar-refractivity contribution in [3.05, 3.63) is 39.9 Å². The summed E-state index contributed by atoms with van der Waals surface area (Å²) >= 11 is 0. The lowest BCUT2D eigenvalue weighted by Crippen LogP contribution is -2.09. The number of ether oxygens (including phenoxy) is 1. The van der Waals surface area contributed by atoms with E-state index in [0.717, 1.165) is 12.1 Å². The first-order valence-corrected chi connectivity index (χ1v) is 3.30. The Morgan fingerprint density at radius 3 is 2.77 bits per heavy atom. The van der Waals surface area contributed by atoms with Crippen LogP contribution in [0.4, 0.5) is 8.78 Å². The second-order valence-corrected chi connectivity index (χ2v) is 2.16. The molecule has 0 atom stereocenters. The second kappa shape index (κ2) is 3.79. The highest BCUT2D eigenvalue weighted by Crippen LogP contribution is 2.18. The molecule has 1 rings (SSSR count). The summed E-state index contributed by atoms with van der Waals surface area (Å²) in [5.74, 6) is -2.78. The Balaban J connectivity index is 2.77. The SMILES string of the molecule is O=[N+]([O-])COc1cccc(F)c1F. The zero-order valence-electron chi connectivity index (χ0n) is 6.37. The lowest BCUT2D eigenvalue weighted by Gasteiger charge is -2.01. The van der Waals surface area contributed by atoms with E-state index in [-0.39, 0.29) is 0 Å². The van der Waals surface area contributed by atoms with Crippen LogP contribution in [-0.4, -0.2) is 11.7 Å². The normalized spacial score (nSPS) is 9.69. The van der Waals surface area contributed by atoms with E-state index in [0.29, 0.717) is 0 Å². The summed E-state index contributed by atoms with van der Waals surface area (Å²) in [6.45, 7) is -0.889. The molecule has 0 aromatic heterocycles. The van der Waals surface area contributed by atoms with Crippen LogP contribution < -0.4 is 4.74 Å². The number of benzene rings is 1.